The summed E-state index contributed by atoms with van der Waals surface area (Å²) in [5.74, 6) is 0.718. The van der Waals surface area contributed by atoms with Gasteiger partial charge in [-0.3, -0.25) is 0 Å². The topological polar surface area (TPSA) is 60.2 Å². The SMILES string of the molecule is CCOC(C)(C)CNc1nc(C)ccc1C(N)=S. The van der Waals surface area contributed by atoms with E-state index < -0.39 is 0 Å². The highest BCUT2D eigenvalue weighted by molar-refractivity contribution is 7.80. The molecule has 0 spiro atoms. The Hall–Kier alpha value is -1.20. The third-order valence-corrected chi connectivity index (χ3v) is 2.74. The number of nitrogens with one attached hydrogen (secondary N) is 1. The van der Waals surface area contributed by atoms with Crippen LogP contribution in [0, 0.1) is 6.92 Å². The van der Waals surface area contributed by atoms with Crippen LogP contribution in [-0.2, 0) is 4.74 Å². The summed E-state index contributed by atoms with van der Waals surface area (Å²) in [6.45, 7) is 9.29. The van der Waals surface area contributed by atoms with Gasteiger partial charge in [-0.1, -0.05) is 12.2 Å². The van der Waals surface area contributed by atoms with Crippen molar-refractivity contribution >= 4 is 23.0 Å². The van der Waals surface area contributed by atoms with Crippen LogP contribution < -0.4 is 11.1 Å². The number of ether oxygens (including phenoxy) is 1. The first-order chi connectivity index (χ1) is 8.35. The number of hydrogen-bond donors (Lipinski definition) is 2. The van der Waals surface area contributed by atoms with Gasteiger partial charge in [0.25, 0.3) is 0 Å². The maximum Gasteiger partial charge on any atom is 0.136 e. The van der Waals surface area contributed by atoms with Crippen molar-refractivity contribution in [3.05, 3.63) is 23.4 Å². The second-order valence-electron chi connectivity index (χ2n) is 4.76. The summed E-state index contributed by atoms with van der Waals surface area (Å²) < 4.78 is 5.63. The molecule has 0 saturated heterocycles. The van der Waals surface area contributed by atoms with Crippen molar-refractivity contribution in [1.29, 1.82) is 0 Å². The summed E-state index contributed by atoms with van der Waals surface area (Å²) in [6, 6.07) is 3.79. The molecule has 1 heterocycles. The summed E-state index contributed by atoms with van der Waals surface area (Å²) in [5, 5.41) is 3.26. The molecule has 0 saturated carbocycles. The molecule has 0 amide bonds. The largest absolute Gasteiger partial charge is 0.389 e. The van der Waals surface area contributed by atoms with Crippen molar-refractivity contribution in [1.82, 2.24) is 4.98 Å². The molecule has 1 aromatic rings. The molecule has 0 bridgehead atoms. The normalized spacial score (nSPS) is 11.3. The van der Waals surface area contributed by atoms with Crippen LogP contribution in [0.2, 0.25) is 0 Å². The zero-order valence-corrected chi connectivity index (χ0v) is 12.2. The van der Waals surface area contributed by atoms with Crippen molar-refractivity contribution in [2.45, 2.75) is 33.3 Å². The Balaban J connectivity index is 2.83. The van der Waals surface area contributed by atoms with Crippen molar-refractivity contribution in [3.63, 3.8) is 0 Å². The van der Waals surface area contributed by atoms with Gasteiger partial charge in [0.2, 0.25) is 0 Å². The summed E-state index contributed by atoms with van der Waals surface area (Å²) >= 11 is 5.02. The fraction of sp³-hybridized carbons (Fsp3) is 0.538. The molecule has 0 unspecified atom stereocenters. The van der Waals surface area contributed by atoms with E-state index in [9.17, 15) is 0 Å². The molecule has 0 aromatic carbocycles. The van der Waals surface area contributed by atoms with Gasteiger partial charge in [0.05, 0.1) is 11.2 Å². The highest BCUT2D eigenvalue weighted by Gasteiger charge is 2.18. The van der Waals surface area contributed by atoms with Crippen LogP contribution in [0.4, 0.5) is 5.82 Å². The number of pyridine rings is 1. The maximum absolute atomic E-state index is 5.68. The highest BCUT2D eigenvalue weighted by atomic mass is 32.1. The number of nitrogens with zero attached hydrogens (tertiary/aromatic N) is 1. The maximum atomic E-state index is 5.68. The Labute approximate surface area is 114 Å². The summed E-state index contributed by atoms with van der Waals surface area (Å²) in [4.78, 5) is 4.77. The van der Waals surface area contributed by atoms with Gasteiger partial charge in [0.15, 0.2) is 0 Å². The van der Waals surface area contributed by atoms with Gasteiger partial charge in [0.1, 0.15) is 10.8 Å². The van der Waals surface area contributed by atoms with Crippen molar-refractivity contribution in [3.8, 4) is 0 Å². The molecule has 0 aliphatic carbocycles. The van der Waals surface area contributed by atoms with Crippen LogP contribution >= 0.6 is 12.2 Å². The number of thiocarbonyl (C=S) groups is 1. The quantitative estimate of drug-likeness (QED) is 0.774. The minimum atomic E-state index is -0.256. The van der Waals surface area contributed by atoms with E-state index in [-0.39, 0.29) is 5.60 Å². The van der Waals surface area contributed by atoms with Crippen LogP contribution in [0.3, 0.4) is 0 Å². The van der Waals surface area contributed by atoms with Crippen LogP contribution in [-0.4, -0.2) is 28.7 Å². The molecule has 0 aliphatic heterocycles. The van der Waals surface area contributed by atoms with Crippen molar-refractivity contribution in [2.24, 2.45) is 5.73 Å². The first kappa shape index (κ1) is 14.9. The fourth-order valence-corrected chi connectivity index (χ4v) is 1.79. The lowest BCUT2D eigenvalue weighted by Crippen LogP contribution is -2.34. The molecule has 0 fully saturated rings. The average molecular weight is 267 g/mol. The van der Waals surface area contributed by atoms with E-state index in [1.807, 2.05) is 39.8 Å². The third kappa shape index (κ3) is 4.23. The predicted molar refractivity (Wildman–Crippen MR) is 79.1 cm³/mol. The molecule has 1 aromatic heterocycles. The van der Waals surface area contributed by atoms with Gasteiger partial charge in [-0.2, -0.15) is 0 Å². The number of hydrogen-bond acceptors (Lipinski definition) is 4. The van der Waals surface area contributed by atoms with E-state index in [4.69, 9.17) is 22.7 Å². The monoisotopic (exact) mass is 267 g/mol. The van der Waals surface area contributed by atoms with Gasteiger partial charge in [-0.15, -0.1) is 0 Å². The lowest BCUT2D eigenvalue weighted by atomic mass is 10.1. The molecule has 1 rings (SSSR count). The smallest absolute Gasteiger partial charge is 0.136 e. The van der Waals surface area contributed by atoms with Gasteiger partial charge >= 0.3 is 0 Å². The van der Waals surface area contributed by atoms with E-state index in [0.717, 1.165) is 17.1 Å². The average Bonchev–Trinajstić information content (AvgIpc) is 2.26. The third-order valence-electron chi connectivity index (χ3n) is 2.52. The Kier molecular flexibility index (Phi) is 5.04. The van der Waals surface area contributed by atoms with E-state index >= 15 is 0 Å². The zero-order chi connectivity index (χ0) is 13.8. The summed E-state index contributed by atoms with van der Waals surface area (Å²) in [7, 11) is 0. The van der Waals surface area contributed by atoms with E-state index in [1.54, 1.807) is 0 Å². The van der Waals surface area contributed by atoms with E-state index in [0.29, 0.717) is 18.1 Å². The number of aryl methyl sites for hydroxylation is 1. The van der Waals surface area contributed by atoms with Gasteiger partial charge in [0, 0.05) is 18.8 Å². The van der Waals surface area contributed by atoms with Crippen LogP contribution in [0.25, 0.3) is 0 Å². The molecule has 5 heteroatoms. The number of rotatable bonds is 6. The molecule has 0 atom stereocenters. The van der Waals surface area contributed by atoms with Crippen molar-refractivity contribution < 1.29 is 4.74 Å². The van der Waals surface area contributed by atoms with Gasteiger partial charge in [-0.05, 0) is 39.8 Å². The minimum Gasteiger partial charge on any atom is -0.389 e. The van der Waals surface area contributed by atoms with E-state index in [2.05, 4.69) is 10.3 Å². The minimum absolute atomic E-state index is 0.256. The number of aromatic nitrogens is 1. The summed E-state index contributed by atoms with van der Waals surface area (Å²) in [5.41, 5.74) is 7.12. The lowest BCUT2D eigenvalue weighted by molar-refractivity contribution is 0.000639. The van der Waals surface area contributed by atoms with Gasteiger partial charge < -0.3 is 15.8 Å². The second-order valence-corrected chi connectivity index (χ2v) is 5.20. The standard InChI is InChI=1S/C13H21N3OS/c1-5-17-13(3,4)8-15-12-10(11(14)18)7-6-9(2)16-12/h6-7H,5,8H2,1-4H3,(H2,14,18)(H,15,16). The first-order valence-corrected chi connectivity index (χ1v) is 6.42. The molecular formula is C13H21N3OS. The molecule has 18 heavy (non-hydrogen) atoms. The Bertz CT molecular complexity index is 432. The molecule has 0 radical (unpaired) electrons. The Morgan fingerprint density at radius 2 is 2.17 bits per heavy atom. The molecular weight excluding hydrogens is 246 g/mol. The number of nitrogens with two attached hydrogens (primary N) is 1. The van der Waals surface area contributed by atoms with E-state index in [1.165, 1.54) is 0 Å². The molecule has 3 N–H and O–H groups in total. The molecule has 0 aliphatic rings. The Morgan fingerprint density at radius 3 is 2.72 bits per heavy atom. The lowest BCUT2D eigenvalue weighted by Gasteiger charge is -2.25. The molecule has 4 nitrogen and oxygen atoms in total. The predicted octanol–water partition coefficient (Wildman–Crippen LogP) is 2.25. The van der Waals surface area contributed by atoms with Crippen LogP contribution in [0.5, 0.6) is 0 Å². The Morgan fingerprint density at radius 1 is 1.50 bits per heavy atom. The zero-order valence-electron chi connectivity index (χ0n) is 11.4. The number of anilines is 1. The summed E-state index contributed by atoms with van der Waals surface area (Å²) in [6.07, 6.45) is 0. The van der Waals surface area contributed by atoms with Gasteiger partial charge in [-0.25, -0.2) is 4.98 Å². The second kappa shape index (κ2) is 6.11. The van der Waals surface area contributed by atoms with Crippen LogP contribution in [0.1, 0.15) is 32.0 Å². The fourth-order valence-electron chi connectivity index (χ4n) is 1.63. The van der Waals surface area contributed by atoms with Crippen LogP contribution in [0.15, 0.2) is 12.1 Å². The first-order valence-electron chi connectivity index (χ1n) is 6.01. The highest BCUT2D eigenvalue weighted by Crippen LogP contribution is 2.16. The molecule has 100 valence electrons. The van der Waals surface area contributed by atoms with Crippen molar-refractivity contribution in [2.75, 3.05) is 18.5 Å².